The Bertz CT molecular complexity index is 6010. The maximum Gasteiger partial charge on any atom is 0.569 e. The predicted molar refractivity (Wildman–Crippen MR) is 452 cm³/mol. The Morgan fingerprint density at radius 2 is 0.805 bits per heavy atom. The topological polar surface area (TPSA) is 171 Å². The molecule has 2 N–H and O–H groups in total. The van der Waals surface area contributed by atoms with Crippen molar-refractivity contribution < 1.29 is 27.2 Å². The predicted octanol–water partition coefficient (Wildman–Crippen LogP) is 21.8. The van der Waals surface area contributed by atoms with Crippen molar-refractivity contribution in [2.24, 2.45) is 37.0 Å². The minimum absolute atomic E-state index is 0.0166. The van der Waals surface area contributed by atoms with E-state index in [9.17, 15) is 8.78 Å². The largest absolute Gasteiger partial charge is 0.569 e. The minimum Gasteiger partial charge on any atom is -0.537 e. The summed E-state index contributed by atoms with van der Waals surface area (Å²) in [6.45, 7) is 14.3. The van der Waals surface area contributed by atoms with Crippen LogP contribution in [-0.4, -0.2) is 81.2 Å². The van der Waals surface area contributed by atoms with E-state index < -0.39 is 0 Å². The Morgan fingerprint density at radius 3 is 1.23 bits per heavy atom. The molecule has 7 aromatic heterocycles. The minimum atomic E-state index is -0.371. The highest BCUT2D eigenvalue weighted by atomic mass is 79.9. The van der Waals surface area contributed by atoms with Gasteiger partial charge in [-0.15, -0.1) is 0 Å². The van der Waals surface area contributed by atoms with Crippen LogP contribution in [0.15, 0.2) is 179 Å². The van der Waals surface area contributed by atoms with Crippen LogP contribution in [0.1, 0.15) is 136 Å². The normalized spacial score (nSPS) is 15.1. The van der Waals surface area contributed by atoms with Gasteiger partial charge in [0.25, 0.3) is 0 Å². The number of aromatic nitrogens is 10. The summed E-state index contributed by atoms with van der Waals surface area (Å²) in [6.07, 6.45) is 21.6. The van der Waals surface area contributed by atoms with E-state index in [1.807, 2.05) is 132 Å². The highest BCUT2D eigenvalue weighted by Crippen LogP contribution is 2.38. The van der Waals surface area contributed by atoms with Crippen molar-refractivity contribution in [3.05, 3.63) is 247 Å². The third kappa shape index (κ3) is 18.8. The Hall–Kier alpha value is -10.0. The van der Waals surface area contributed by atoms with Gasteiger partial charge in [-0.05, 0) is 262 Å². The number of nitrogens with one attached hydrogen (secondary N) is 1. The molecular weight excluding hydrogens is 1530 g/mol. The van der Waals surface area contributed by atoms with Gasteiger partial charge in [0.2, 0.25) is 0 Å². The van der Waals surface area contributed by atoms with E-state index in [0.29, 0.717) is 57.0 Å². The van der Waals surface area contributed by atoms with Crippen molar-refractivity contribution in [1.82, 2.24) is 54.6 Å². The summed E-state index contributed by atoms with van der Waals surface area (Å²) in [5.41, 5.74) is 16.3. The van der Waals surface area contributed by atoms with Gasteiger partial charge in [-0.3, -0.25) is 24.0 Å². The molecule has 19 rings (SSSR count). The number of fused-ring (bicyclic) bond motifs is 8. The van der Waals surface area contributed by atoms with Crippen molar-refractivity contribution in [1.29, 1.82) is 0 Å². The van der Waals surface area contributed by atoms with Crippen LogP contribution in [0.4, 0.5) is 17.6 Å². The molecule has 9 heterocycles. The molecule has 1 atom stereocenters. The van der Waals surface area contributed by atoms with Crippen molar-refractivity contribution in [3.8, 4) is 39.1 Å². The van der Waals surface area contributed by atoms with E-state index in [0.717, 1.165) is 164 Å². The second-order valence-corrected chi connectivity index (χ2v) is 31.9. The maximum absolute atomic E-state index is 15.0. The lowest BCUT2D eigenvalue weighted by atomic mass is 9.86. The Labute approximate surface area is 673 Å². The highest BCUT2D eigenvalue weighted by molar-refractivity contribution is 9.10. The number of piperidine rings is 1. The average molecular weight is 1620 g/mol. The van der Waals surface area contributed by atoms with Gasteiger partial charge in [-0.25, -0.2) is 37.5 Å². The number of nitrogens with zero attached hydrogens (tertiary/aromatic N) is 12. The molecule has 4 aliphatic rings. The molecule has 577 valence electrons. The zero-order chi connectivity index (χ0) is 79.3. The SMILES string of the molecule is CC1CCCCC1.Cc1cc(-c2cc(F)c3nc(C4CCCCC4)ccc3c2)cc2cn(C)nc12.Cc1cc(-c2cc(F)c3nc(C4CCNCC4)ccc3c2)cc2cn(C)nc12.Cc1cc(-c2cc(F)c3nc(Cl)ccc3c2)cc2cn(C)nc12.Cc1cc(O[B]O)cc2c1=NC(C)N=2.Fc1cc(Br)cc2ccc(Cl)nc12. The van der Waals surface area contributed by atoms with Crippen molar-refractivity contribution in [3.63, 3.8) is 0 Å². The smallest absolute Gasteiger partial charge is 0.537 e. The van der Waals surface area contributed by atoms with Crippen molar-refractivity contribution >= 4 is 123 Å². The molecule has 15 nitrogen and oxygen atoms in total. The molecular formula is C90H88BBrCl2F4N13O2. The molecule has 2 aliphatic carbocycles. The first kappa shape index (κ1) is 79.6. The molecule has 1 saturated heterocycles. The van der Waals surface area contributed by atoms with E-state index in [1.54, 1.807) is 53.2 Å². The zero-order valence-corrected chi connectivity index (χ0v) is 67.8. The molecule has 2 saturated carbocycles. The standard InChI is InChI=1S/C24H24FN3.C23H23FN4.C18H13ClFN3.C9H10BN2O2.C9H4BrClFN.C7H14/c1-15-10-18(12-20-14-28(2)27-23(15)20)19-11-17-8-9-22(16-6-4-3-5-7-16)26-24(17)21(25)13-19;1-14-9-17(11-19-13-28(2)27-22(14)19)18-10-16-3-4-21(15-5-7-25-8-6-15)26-23(16)20(24)12-18;1-10-5-12(7-14-9-23(2)22-17(10)14)13-6-11-3-4-16(19)21-18(11)15(20)8-13;1-5-3-7(14-10-13)4-8-9(5)12-6(2)11-8;10-6-3-5-1-2-8(11)13-9(5)7(12)4-6;1-7-5-3-2-4-6-7/h8-14,16H,3-7H2,1-2H3;3-4,9-13,15,25H,5-8H2,1-2H3;3-9H,1-2H3;3-4,6,13H,1-2H3;1-4H;7H,2-6H2,1H3. The molecule has 3 fully saturated rings. The van der Waals surface area contributed by atoms with Crippen molar-refractivity contribution in [2.45, 2.75) is 137 Å². The monoisotopic (exact) mass is 1620 g/mol. The molecule has 0 bridgehead atoms. The van der Waals surface area contributed by atoms with Gasteiger partial charge in [0.15, 0.2) is 5.82 Å². The molecule has 1 unspecified atom stereocenters. The number of pyridine rings is 4. The van der Waals surface area contributed by atoms with Gasteiger partial charge in [-0.1, -0.05) is 110 Å². The summed E-state index contributed by atoms with van der Waals surface area (Å²) in [4.78, 5) is 26.0. The maximum atomic E-state index is 15.0. The molecule has 8 aromatic carbocycles. The van der Waals surface area contributed by atoms with Gasteiger partial charge in [0.1, 0.15) is 61.7 Å². The number of rotatable bonds is 7. The van der Waals surface area contributed by atoms with E-state index >= 15 is 8.78 Å². The molecule has 113 heavy (non-hydrogen) atoms. The van der Waals surface area contributed by atoms with E-state index in [4.69, 9.17) is 37.9 Å². The fraction of sp³-hybridized carbons (Fsp3) is 0.300. The van der Waals surface area contributed by atoms with Gasteiger partial charge < -0.3 is 15.0 Å². The van der Waals surface area contributed by atoms with Gasteiger partial charge in [0, 0.05) is 111 Å². The first-order valence-corrected chi connectivity index (χ1v) is 40.1. The number of benzene rings is 8. The van der Waals surface area contributed by atoms with Gasteiger partial charge >= 0.3 is 7.69 Å². The van der Waals surface area contributed by atoms with E-state index in [2.05, 4.69) is 105 Å². The zero-order valence-electron chi connectivity index (χ0n) is 64.7. The van der Waals surface area contributed by atoms with Crippen LogP contribution >= 0.6 is 39.1 Å². The van der Waals surface area contributed by atoms with E-state index in [1.165, 1.54) is 76.3 Å². The lowest BCUT2D eigenvalue weighted by molar-refractivity contribution is 0.385. The third-order valence-electron chi connectivity index (χ3n) is 21.4. The summed E-state index contributed by atoms with van der Waals surface area (Å²) < 4.78 is 68.7. The fourth-order valence-electron chi connectivity index (χ4n) is 15.8. The first-order chi connectivity index (χ1) is 54.4. The number of halogens is 7. The molecule has 0 spiro atoms. The molecule has 23 heteroatoms. The van der Waals surface area contributed by atoms with Gasteiger partial charge in [0.05, 0.1) is 27.3 Å². The summed E-state index contributed by atoms with van der Waals surface area (Å²) in [5.74, 6) is 1.27. The second kappa shape index (κ2) is 35.2. The highest BCUT2D eigenvalue weighted by Gasteiger charge is 2.22. The summed E-state index contributed by atoms with van der Waals surface area (Å²) in [6, 6.07) is 44.9. The molecule has 1 radical (unpaired) electrons. The summed E-state index contributed by atoms with van der Waals surface area (Å²) >= 11 is 14.7. The summed E-state index contributed by atoms with van der Waals surface area (Å²) in [7, 11) is 6.39. The van der Waals surface area contributed by atoms with Crippen LogP contribution in [0.2, 0.25) is 10.3 Å². The van der Waals surface area contributed by atoms with Crippen LogP contribution in [-0.2, 0) is 21.1 Å². The second-order valence-electron chi connectivity index (χ2n) is 30.2. The average Bonchev–Trinajstić information content (AvgIpc) is 1.73. The number of aryl methyl sites for hydroxylation is 7. The van der Waals surface area contributed by atoms with E-state index in [-0.39, 0.29) is 34.6 Å². The lowest BCUT2D eigenvalue weighted by Gasteiger charge is -2.22. The quantitative estimate of drug-likeness (QED) is 0.0889. The molecule has 0 amide bonds. The Balaban J connectivity index is 0.000000118. The number of hydrogen-bond donors (Lipinski definition) is 2. The summed E-state index contributed by atoms with van der Waals surface area (Å²) in [5, 5.41) is 34.0. The van der Waals surface area contributed by atoms with Crippen LogP contribution in [0, 0.1) is 56.9 Å². The number of hydrogen-bond acceptors (Lipinski definition) is 12. The van der Waals surface area contributed by atoms with Crippen LogP contribution < -0.4 is 20.7 Å². The molecule has 15 aromatic rings. The van der Waals surface area contributed by atoms with Crippen LogP contribution in [0.5, 0.6) is 5.75 Å². The lowest BCUT2D eigenvalue weighted by Crippen LogP contribution is -2.27. The Kier molecular flexibility index (Phi) is 24.8. The van der Waals surface area contributed by atoms with Crippen LogP contribution in [0.25, 0.3) is 110 Å². The fourth-order valence-corrected chi connectivity index (χ4v) is 16.6. The van der Waals surface area contributed by atoms with Crippen LogP contribution in [0.3, 0.4) is 0 Å². The van der Waals surface area contributed by atoms with Crippen molar-refractivity contribution in [2.75, 3.05) is 13.1 Å². The Morgan fingerprint density at radius 1 is 0.425 bits per heavy atom. The van der Waals surface area contributed by atoms with Gasteiger partial charge in [-0.2, -0.15) is 15.3 Å². The first-order valence-electron chi connectivity index (χ1n) is 38.5. The molecule has 2 aliphatic heterocycles. The third-order valence-corrected chi connectivity index (χ3v) is 22.3.